The van der Waals surface area contributed by atoms with Gasteiger partial charge in [0.15, 0.2) is 0 Å². The summed E-state index contributed by atoms with van der Waals surface area (Å²) in [4.78, 5) is 29.3. The molecule has 24 heavy (non-hydrogen) atoms. The van der Waals surface area contributed by atoms with Crippen molar-refractivity contribution < 1.29 is 9.59 Å². The molecule has 6 heteroatoms. The predicted octanol–water partition coefficient (Wildman–Crippen LogP) is 1.03. The second kappa shape index (κ2) is 6.90. The fraction of sp³-hybridized carbons (Fsp3) is 0.889. The van der Waals surface area contributed by atoms with Crippen molar-refractivity contribution in [1.82, 2.24) is 20.4 Å². The predicted molar refractivity (Wildman–Crippen MR) is 91.5 cm³/mol. The van der Waals surface area contributed by atoms with Gasteiger partial charge in [0, 0.05) is 45.3 Å². The second-order valence-corrected chi connectivity index (χ2v) is 8.14. The number of hydrogen-bond donors (Lipinski definition) is 2. The molecule has 4 aliphatic rings. The fourth-order valence-electron chi connectivity index (χ4n) is 4.99. The summed E-state index contributed by atoms with van der Waals surface area (Å²) in [7, 11) is 0. The van der Waals surface area contributed by atoms with Crippen LogP contribution < -0.4 is 10.6 Å². The number of urea groups is 1. The van der Waals surface area contributed by atoms with Crippen LogP contribution in [0.1, 0.15) is 38.5 Å². The van der Waals surface area contributed by atoms with Gasteiger partial charge < -0.3 is 20.4 Å². The topological polar surface area (TPSA) is 64.7 Å². The van der Waals surface area contributed by atoms with Crippen LogP contribution in [0.15, 0.2) is 0 Å². The van der Waals surface area contributed by atoms with Crippen LogP contribution >= 0.6 is 0 Å². The molecule has 3 amide bonds. The van der Waals surface area contributed by atoms with Gasteiger partial charge in [0.1, 0.15) is 0 Å². The largest absolute Gasteiger partial charge is 0.342 e. The highest BCUT2D eigenvalue weighted by atomic mass is 16.2. The van der Waals surface area contributed by atoms with E-state index in [1.807, 2.05) is 4.90 Å². The van der Waals surface area contributed by atoms with Gasteiger partial charge >= 0.3 is 6.03 Å². The molecular formula is C18H30N4O2. The zero-order valence-electron chi connectivity index (χ0n) is 14.5. The van der Waals surface area contributed by atoms with Crippen molar-refractivity contribution in [2.75, 3.05) is 39.3 Å². The molecule has 3 aliphatic heterocycles. The summed E-state index contributed by atoms with van der Waals surface area (Å²) in [5.74, 6) is 1.56. The molecule has 1 saturated carbocycles. The Hall–Kier alpha value is -1.30. The number of carbonyl (C=O) groups is 2. The Bertz CT molecular complexity index is 479. The SMILES string of the molecule is O=C(NC1CCCC1)N1CCCC(C(=O)N2C[C@H]3CNC[C@H]3C2)C1. The first kappa shape index (κ1) is 16.2. The van der Waals surface area contributed by atoms with Crippen LogP contribution in [0.4, 0.5) is 4.79 Å². The third kappa shape index (κ3) is 3.25. The Kier molecular flexibility index (Phi) is 4.66. The Morgan fingerprint density at radius 2 is 1.58 bits per heavy atom. The number of nitrogens with zero attached hydrogens (tertiary/aromatic N) is 2. The Labute approximate surface area is 144 Å². The highest BCUT2D eigenvalue weighted by Gasteiger charge is 2.40. The molecular weight excluding hydrogens is 304 g/mol. The number of nitrogens with one attached hydrogen (secondary N) is 2. The average molecular weight is 334 g/mol. The molecule has 134 valence electrons. The van der Waals surface area contributed by atoms with E-state index in [1.54, 1.807) is 0 Å². The number of rotatable bonds is 2. The molecule has 1 unspecified atom stereocenters. The van der Waals surface area contributed by atoms with Crippen LogP contribution in [0.25, 0.3) is 0 Å². The molecule has 4 fully saturated rings. The number of fused-ring (bicyclic) bond motifs is 1. The first-order valence-corrected chi connectivity index (χ1v) is 9.75. The lowest BCUT2D eigenvalue weighted by atomic mass is 9.96. The van der Waals surface area contributed by atoms with Crippen molar-refractivity contribution >= 4 is 11.9 Å². The summed E-state index contributed by atoms with van der Waals surface area (Å²) in [5.41, 5.74) is 0. The molecule has 4 rings (SSSR count). The third-order valence-corrected chi connectivity index (χ3v) is 6.44. The highest BCUT2D eigenvalue weighted by Crippen LogP contribution is 2.29. The molecule has 1 aliphatic carbocycles. The lowest BCUT2D eigenvalue weighted by Gasteiger charge is -2.34. The van der Waals surface area contributed by atoms with Crippen LogP contribution in [0.2, 0.25) is 0 Å². The van der Waals surface area contributed by atoms with E-state index in [4.69, 9.17) is 0 Å². The number of likely N-dealkylation sites (tertiary alicyclic amines) is 2. The molecule has 0 aromatic heterocycles. The lowest BCUT2D eigenvalue weighted by molar-refractivity contribution is -0.136. The van der Waals surface area contributed by atoms with Gasteiger partial charge in [-0.1, -0.05) is 12.8 Å². The van der Waals surface area contributed by atoms with E-state index < -0.39 is 0 Å². The fourth-order valence-corrected chi connectivity index (χ4v) is 4.99. The molecule has 6 nitrogen and oxygen atoms in total. The van der Waals surface area contributed by atoms with Crippen molar-refractivity contribution in [2.24, 2.45) is 17.8 Å². The molecule has 3 saturated heterocycles. The van der Waals surface area contributed by atoms with E-state index in [1.165, 1.54) is 12.8 Å². The molecule has 0 aromatic carbocycles. The van der Waals surface area contributed by atoms with E-state index in [-0.39, 0.29) is 17.9 Å². The Morgan fingerprint density at radius 1 is 0.875 bits per heavy atom. The smallest absolute Gasteiger partial charge is 0.317 e. The molecule has 2 N–H and O–H groups in total. The summed E-state index contributed by atoms with van der Waals surface area (Å²) in [6, 6.07) is 0.390. The number of amides is 3. The molecule has 0 bridgehead atoms. The monoisotopic (exact) mass is 334 g/mol. The molecule has 0 spiro atoms. The summed E-state index contributed by atoms with van der Waals surface area (Å²) in [5, 5.41) is 6.58. The quantitative estimate of drug-likeness (QED) is 0.793. The average Bonchev–Trinajstić information content (AvgIpc) is 3.31. The van der Waals surface area contributed by atoms with Crippen molar-refractivity contribution in [3.63, 3.8) is 0 Å². The van der Waals surface area contributed by atoms with Gasteiger partial charge in [0.25, 0.3) is 0 Å². The number of piperidine rings is 1. The maximum absolute atomic E-state index is 12.9. The van der Waals surface area contributed by atoms with Crippen LogP contribution in [0.5, 0.6) is 0 Å². The number of carbonyl (C=O) groups excluding carboxylic acids is 2. The van der Waals surface area contributed by atoms with Gasteiger partial charge in [-0.3, -0.25) is 4.79 Å². The summed E-state index contributed by atoms with van der Waals surface area (Å²) in [6.45, 7) is 5.30. The Morgan fingerprint density at radius 3 is 2.29 bits per heavy atom. The zero-order valence-corrected chi connectivity index (χ0v) is 14.5. The van der Waals surface area contributed by atoms with Gasteiger partial charge in [-0.05, 0) is 37.5 Å². The van der Waals surface area contributed by atoms with Crippen LogP contribution in [-0.2, 0) is 4.79 Å². The van der Waals surface area contributed by atoms with Crippen LogP contribution in [0, 0.1) is 17.8 Å². The lowest BCUT2D eigenvalue weighted by Crippen LogP contribution is -2.51. The first-order chi connectivity index (χ1) is 11.7. The summed E-state index contributed by atoms with van der Waals surface area (Å²) >= 11 is 0. The van der Waals surface area contributed by atoms with E-state index in [0.717, 1.165) is 58.4 Å². The normalized spacial score (nSPS) is 33.8. The van der Waals surface area contributed by atoms with Gasteiger partial charge in [0.2, 0.25) is 5.91 Å². The van der Waals surface area contributed by atoms with Crippen molar-refractivity contribution in [1.29, 1.82) is 0 Å². The van der Waals surface area contributed by atoms with Crippen molar-refractivity contribution in [3.05, 3.63) is 0 Å². The van der Waals surface area contributed by atoms with Crippen molar-refractivity contribution in [2.45, 2.75) is 44.6 Å². The van der Waals surface area contributed by atoms with Gasteiger partial charge in [-0.2, -0.15) is 0 Å². The first-order valence-electron chi connectivity index (χ1n) is 9.75. The van der Waals surface area contributed by atoms with Gasteiger partial charge in [-0.15, -0.1) is 0 Å². The zero-order chi connectivity index (χ0) is 16.5. The minimum absolute atomic E-state index is 0.000126. The maximum atomic E-state index is 12.9. The van der Waals surface area contributed by atoms with Gasteiger partial charge in [-0.25, -0.2) is 4.79 Å². The van der Waals surface area contributed by atoms with Crippen LogP contribution in [-0.4, -0.2) is 67.0 Å². The van der Waals surface area contributed by atoms with Gasteiger partial charge in [0.05, 0.1) is 5.92 Å². The summed E-state index contributed by atoms with van der Waals surface area (Å²) < 4.78 is 0. The van der Waals surface area contributed by atoms with E-state index in [2.05, 4.69) is 15.5 Å². The van der Waals surface area contributed by atoms with E-state index in [9.17, 15) is 9.59 Å². The molecule has 0 radical (unpaired) electrons. The third-order valence-electron chi connectivity index (χ3n) is 6.44. The maximum Gasteiger partial charge on any atom is 0.317 e. The Balaban J connectivity index is 1.31. The second-order valence-electron chi connectivity index (χ2n) is 8.14. The van der Waals surface area contributed by atoms with E-state index >= 15 is 0 Å². The molecule has 3 heterocycles. The summed E-state index contributed by atoms with van der Waals surface area (Å²) in [6.07, 6.45) is 6.52. The molecule has 0 aromatic rings. The van der Waals surface area contributed by atoms with E-state index in [0.29, 0.717) is 24.4 Å². The highest BCUT2D eigenvalue weighted by molar-refractivity contribution is 5.81. The minimum atomic E-state index is -0.000126. The standard InChI is InChI=1S/C18H30N4O2/c23-17(22-11-14-8-19-9-15(14)12-22)13-4-3-7-21(10-13)18(24)20-16-5-1-2-6-16/h13-16,19H,1-12H2,(H,20,24)/t13?,14-,15+. The molecule has 3 atom stereocenters. The van der Waals surface area contributed by atoms with Crippen molar-refractivity contribution in [3.8, 4) is 0 Å². The van der Waals surface area contributed by atoms with Crippen LogP contribution in [0.3, 0.4) is 0 Å². The number of hydrogen-bond acceptors (Lipinski definition) is 3. The minimum Gasteiger partial charge on any atom is -0.342 e.